The van der Waals surface area contributed by atoms with Crippen molar-refractivity contribution in [2.24, 2.45) is 0 Å². The maximum Gasteiger partial charge on any atom is 0.405 e. The number of sulfonamides is 1. The molecule has 1 amide bonds. The Balaban J connectivity index is 2.51. The molecule has 0 aliphatic rings. The highest BCUT2D eigenvalue weighted by Crippen LogP contribution is 2.31. The van der Waals surface area contributed by atoms with E-state index in [1.165, 1.54) is 50.4 Å². The maximum atomic E-state index is 13.3. The van der Waals surface area contributed by atoms with Gasteiger partial charge < -0.3 is 10.1 Å². The van der Waals surface area contributed by atoms with Crippen LogP contribution in [0.4, 0.5) is 18.9 Å². The molecule has 0 aliphatic heterocycles. The first kappa shape index (κ1) is 24.1. The van der Waals surface area contributed by atoms with Gasteiger partial charge in [0.15, 0.2) is 0 Å². The lowest BCUT2D eigenvalue weighted by Crippen LogP contribution is -2.49. The van der Waals surface area contributed by atoms with E-state index in [0.717, 1.165) is 6.07 Å². The molecule has 164 valence electrons. The summed E-state index contributed by atoms with van der Waals surface area (Å²) >= 11 is 11.7. The Hall–Kier alpha value is -2.17. The van der Waals surface area contributed by atoms with Crippen molar-refractivity contribution in [3.63, 3.8) is 0 Å². The van der Waals surface area contributed by atoms with Crippen LogP contribution < -0.4 is 14.4 Å². The smallest absolute Gasteiger partial charge is 0.405 e. The van der Waals surface area contributed by atoms with E-state index in [0.29, 0.717) is 10.1 Å². The molecule has 30 heavy (non-hydrogen) atoms. The number of hydrogen-bond donors (Lipinski definition) is 1. The maximum absolute atomic E-state index is 13.3. The number of nitrogens with zero attached hydrogens (tertiary/aromatic N) is 1. The Bertz CT molecular complexity index is 1020. The molecule has 1 atom stereocenters. The number of nitrogens with one attached hydrogen (secondary N) is 1. The molecule has 0 spiro atoms. The first-order chi connectivity index (χ1) is 13.9. The van der Waals surface area contributed by atoms with E-state index in [-0.39, 0.29) is 20.6 Å². The highest BCUT2D eigenvalue weighted by atomic mass is 35.5. The number of methoxy groups -OCH3 is 1. The van der Waals surface area contributed by atoms with Crippen LogP contribution in [0.15, 0.2) is 47.4 Å². The van der Waals surface area contributed by atoms with Crippen LogP contribution in [-0.2, 0) is 14.8 Å². The monoisotopic (exact) mass is 484 g/mol. The van der Waals surface area contributed by atoms with E-state index in [4.69, 9.17) is 27.9 Å². The zero-order chi connectivity index (χ0) is 22.7. The minimum Gasteiger partial charge on any atom is -0.497 e. The van der Waals surface area contributed by atoms with Gasteiger partial charge in [-0.25, -0.2) is 8.42 Å². The quantitative estimate of drug-likeness (QED) is 0.636. The van der Waals surface area contributed by atoms with Crippen LogP contribution in [0, 0.1) is 0 Å². The van der Waals surface area contributed by atoms with E-state index in [1.54, 1.807) is 5.32 Å². The summed E-state index contributed by atoms with van der Waals surface area (Å²) in [6, 6.07) is 7.65. The SMILES string of the molecule is COc1ccc(N(C(C)C(=O)NCC(F)(F)F)S(=O)(=O)c2ccc(Cl)c(Cl)c2)cc1. The van der Waals surface area contributed by atoms with Crippen LogP contribution >= 0.6 is 23.2 Å². The molecule has 2 rings (SSSR count). The van der Waals surface area contributed by atoms with Gasteiger partial charge in [-0.05, 0) is 49.4 Å². The topological polar surface area (TPSA) is 75.7 Å². The lowest BCUT2D eigenvalue weighted by molar-refractivity contribution is -0.138. The minimum absolute atomic E-state index is 0.0385. The van der Waals surface area contributed by atoms with Crippen LogP contribution in [0.25, 0.3) is 0 Å². The Labute approximate surface area is 181 Å². The number of carbonyl (C=O) groups is 1. The Morgan fingerprint density at radius 3 is 2.23 bits per heavy atom. The number of amides is 1. The number of halogens is 5. The molecule has 0 heterocycles. The molecule has 2 aromatic rings. The van der Waals surface area contributed by atoms with Gasteiger partial charge in [-0.3, -0.25) is 9.10 Å². The van der Waals surface area contributed by atoms with Gasteiger partial charge in [0.2, 0.25) is 5.91 Å². The van der Waals surface area contributed by atoms with E-state index >= 15 is 0 Å². The van der Waals surface area contributed by atoms with Crippen LogP contribution in [0.3, 0.4) is 0 Å². The van der Waals surface area contributed by atoms with Crippen LogP contribution in [0.2, 0.25) is 10.0 Å². The fourth-order valence-corrected chi connectivity index (χ4v) is 4.50. The fourth-order valence-electron chi connectivity index (χ4n) is 2.49. The first-order valence-electron chi connectivity index (χ1n) is 8.35. The lowest BCUT2D eigenvalue weighted by atomic mass is 10.2. The average Bonchev–Trinajstić information content (AvgIpc) is 2.68. The number of benzene rings is 2. The van der Waals surface area contributed by atoms with E-state index in [1.807, 2.05) is 0 Å². The van der Waals surface area contributed by atoms with Gasteiger partial charge in [0.25, 0.3) is 10.0 Å². The number of anilines is 1. The average molecular weight is 485 g/mol. The lowest BCUT2D eigenvalue weighted by Gasteiger charge is -2.30. The molecular formula is C18H17Cl2F3N2O4S. The van der Waals surface area contributed by atoms with Crippen molar-refractivity contribution in [3.05, 3.63) is 52.5 Å². The molecule has 0 aromatic heterocycles. The van der Waals surface area contributed by atoms with Crippen molar-refractivity contribution in [2.75, 3.05) is 18.0 Å². The standard InChI is InChI=1S/C18H17Cl2F3N2O4S/c1-11(17(26)24-10-18(21,22)23)25(12-3-5-13(29-2)6-4-12)30(27,28)14-7-8-15(19)16(20)9-14/h3-9,11H,10H2,1-2H3,(H,24,26). The summed E-state index contributed by atoms with van der Waals surface area (Å²) in [6.07, 6.45) is -4.65. The van der Waals surface area contributed by atoms with E-state index < -0.39 is 34.7 Å². The molecule has 12 heteroatoms. The third kappa shape index (κ3) is 5.71. The molecule has 0 fully saturated rings. The number of ether oxygens (including phenoxy) is 1. The van der Waals surface area contributed by atoms with Crippen molar-refractivity contribution < 1.29 is 31.1 Å². The Morgan fingerprint density at radius 2 is 1.73 bits per heavy atom. The largest absolute Gasteiger partial charge is 0.497 e. The van der Waals surface area contributed by atoms with Crippen LogP contribution in [-0.4, -0.2) is 40.2 Å². The molecule has 1 N–H and O–H groups in total. The number of rotatable bonds is 7. The molecule has 0 bridgehead atoms. The van der Waals surface area contributed by atoms with Gasteiger partial charge in [0.1, 0.15) is 18.3 Å². The summed E-state index contributed by atoms with van der Waals surface area (Å²) in [6.45, 7) is -0.426. The third-order valence-corrected chi connectivity index (χ3v) is 6.60. The number of carbonyl (C=O) groups excluding carboxylic acids is 1. The zero-order valence-corrected chi connectivity index (χ0v) is 18.0. The predicted octanol–water partition coefficient (Wildman–Crippen LogP) is 4.26. The second kappa shape index (κ2) is 9.32. The molecule has 2 aromatic carbocycles. The molecule has 1 unspecified atom stereocenters. The second-order valence-corrected chi connectivity index (χ2v) is 8.71. The van der Waals surface area contributed by atoms with Crippen molar-refractivity contribution in [1.29, 1.82) is 0 Å². The highest BCUT2D eigenvalue weighted by molar-refractivity contribution is 7.93. The molecule has 0 aliphatic carbocycles. The third-order valence-electron chi connectivity index (χ3n) is 3.97. The summed E-state index contributed by atoms with van der Waals surface area (Å²) < 4.78 is 69.8. The van der Waals surface area contributed by atoms with Crippen LogP contribution in [0.5, 0.6) is 5.75 Å². The molecule has 0 saturated heterocycles. The predicted molar refractivity (Wildman–Crippen MR) is 108 cm³/mol. The number of alkyl halides is 3. The van der Waals surface area contributed by atoms with Gasteiger partial charge in [-0.2, -0.15) is 13.2 Å². The summed E-state index contributed by atoms with van der Waals surface area (Å²) in [5.41, 5.74) is 0.0385. The van der Waals surface area contributed by atoms with Gasteiger partial charge in [0, 0.05) is 0 Å². The zero-order valence-electron chi connectivity index (χ0n) is 15.7. The van der Waals surface area contributed by atoms with Gasteiger partial charge in [-0.15, -0.1) is 0 Å². The van der Waals surface area contributed by atoms with E-state index in [9.17, 15) is 26.4 Å². The van der Waals surface area contributed by atoms with Gasteiger partial charge in [-0.1, -0.05) is 23.2 Å². The second-order valence-electron chi connectivity index (χ2n) is 6.08. The van der Waals surface area contributed by atoms with Gasteiger partial charge in [0.05, 0.1) is 27.7 Å². The number of hydrogen-bond acceptors (Lipinski definition) is 4. The fraction of sp³-hybridized carbons (Fsp3) is 0.278. The normalized spacial score (nSPS) is 12.9. The van der Waals surface area contributed by atoms with Crippen molar-refractivity contribution in [1.82, 2.24) is 5.32 Å². The summed E-state index contributed by atoms with van der Waals surface area (Å²) in [7, 11) is -2.99. The minimum atomic E-state index is -4.65. The van der Waals surface area contributed by atoms with Crippen molar-refractivity contribution in [2.45, 2.75) is 24.0 Å². The molecule has 6 nitrogen and oxygen atoms in total. The van der Waals surface area contributed by atoms with E-state index in [2.05, 4.69) is 0 Å². The summed E-state index contributed by atoms with van der Waals surface area (Å²) in [5, 5.41) is 1.77. The van der Waals surface area contributed by atoms with Crippen molar-refractivity contribution >= 4 is 44.8 Å². The highest BCUT2D eigenvalue weighted by Gasteiger charge is 2.35. The summed E-state index contributed by atoms with van der Waals surface area (Å²) in [5.74, 6) is -0.716. The van der Waals surface area contributed by atoms with Crippen LogP contribution in [0.1, 0.15) is 6.92 Å². The Morgan fingerprint density at radius 1 is 1.13 bits per heavy atom. The Kier molecular flexibility index (Phi) is 7.49. The van der Waals surface area contributed by atoms with Crippen molar-refractivity contribution in [3.8, 4) is 5.75 Å². The molecule has 0 radical (unpaired) electrons. The van der Waals surface area contributed by atoms with Gasteiger partial charge >= 0.3 is 6.18 Å². The summed E-state index contributed by atoms with van der Waals surface area (Å²) in [4.78, 5) is 12.0. The molecular weight excluding hydrogens is 468 g/mol. The molecule has 0 saturated carbocycles. The first-order valence-corrected chi connectivity index (χ1v) is 10.5.